The Morgan fingerprint density at radius 3 is 1.65 bits per heavy atom. The summed E-state index contributed by atoms with van der Waals surface area (Å²) in [6, 6.07) is 47.1. The van der Waals surface area contributed by atoms with Gasteiger partial charge in [-0.15, -0.1) is 0 Å². The number of aryl methyl sites for hydroxylation is 1. The van der Waals surface area contributed by atoms with Crippen LogP contribution < -0.4 is 9.47 Å². The molecule has 1 unspecified atom stereocenters. The van der Waals surface area contributed by atoms with Gasteiger partial charge in [-0.1, -0.05) is 116 Å². The fourth-order valence-electron chi connectivity index (χ4n) is 10.4. The second-order valence-corrected chi connectivity index (χ2v) is 19.6. The Morgan fingerprint density at radius 2 is 1.10 bits per heavy atom. The van der Waals surface area contributed by atoms with Gasteiger partial charge < -0.3 is 28.9 Å². The highest BCUT2D eigenvalue weighted by atomic mass is 16.6. The second kappa shape index (κ2) is 21.7. The number of amides is 4. The van der Waals surface area contributed by atoms with Crippen molar-refractivity contribution in [3.63, 3.8) is 0 Å². The second-order valence-electron chi connectivity index (χ2n) is 19.6. The quantitative estimate of drug-likeness (QED) is 0.107. The zero-order valence-corrected chi connectivity index (χ0v) is 41.5. The van der Waals surface area contributed by atoms with Gasteiger partial charge in [0.2, 0.25) is 5.91 Å². The molecule has 0 saturated carbocycles. The molecule has 3 aliphatic rings. The van der Waals surface area contributed by atoms with Gasteiger partial charge in [0.25, 0.3) is 11.8 Å². The first-order valence-electron chi connectivity index (χ1n) is 25.0. The van der Waals surface area contributed by atoms with Crippen LogP contribution in [0, 0.1) is 12.8 Å². The summed E-state index contributed by atoms with van der Waals surface area (Å²) >= 11 is 0. The predicted molar refractivity (Wildman–Crippen MR) is 277 cm³/mol. The van der Waals surface area contributed by atoms with Crippen LogP contribution in [0.25, 0.3) is 22.3 Å². The summed E-state index contributed by atoms with van der Waals surface area (Å²) in [6.07, 6.45) is 2.40. The summed E-state index contributed by atoms with van der Waals surface area (Å²) in [5.74, 6) is 1.26. The Bertz CT molecular complexity index is 2770. The van der Waals surface area contributed by atoms with E-state index in [-0.39, 0.29) is 48.3 Å². The summed E-state index contributed by atoms with van der Waals surface area (Å²) < 4.78 is 18.3. The summed E-state index contributed by atoms with van der Waals surface area (Å²) in [5, 5.41) is 0. The molecule has 6 aromatic carbocycles. The van der Waals surface area contributed by atoms with Crippen LogP contribution in [0.15, 0.2) is 146 Å². The van der Waals surface area contributed by atoms with Gasteiger partial charge in [-0.2, -0.15) is 0 Å². The molecule has 2 aliphatic heterocycles. The molecule has 2 heterocycles. The molecule has 0 aromatic heterocycles. The van der Waals surface area contributed by atoms with Crippen molar-refractivity contribution in [3.05, 3.63) is 179 Å². The van der Waals surface area contributed by atoms with E-state index >= 15 is 0 Å². The number of likely N-dealkylation sites (tertiary alicyclic amines) is 2. The fourth-order valence-corrected chi connectivity index (χ4v) is 10.4. The van der Waals surface area contributed by atoms with E-state index < -0.39 is 12.1 Å². The van der Waals surface area contributed by atoms with Crippen LogP contribution in [0.2, 0.25) is 0 Å². The number of ether oxygens (including phenoxy) is 3. The molecule has 1 aliphatic carbocycles. The lowest BCUT2D eigenvalue weighted by atomic mass is 9.97. The highest BCUT2D eigenvalue weighted by Gasteiger charge is 2.38. The normalized spacial score (nSPS) is 15.4. The molecule has 0 N–H and O–H groups in total. The predicted octanol–water partition coefficient (Wildman–Crippen LogP) is 10.9. The summed E-state index contributed by atoms with van der Waals surface area (Å²) in [7, 11) is 3.46. The van der Waals surface area contributed by atoms with Gasteiger partial charge >= 0.3 is 6.09 Å². The smallest absolute Gasteiger partial charge is 0.410 e. The van der Waals surface area contributed by atoms with Gasteiger partial charge in [0.05, 0.1) is 0 Å². The number of nitrogens with zero attached hydrogens (tertiary/aromatic N) is 4. The minimum atomic E-state index is -0.700. The molecule has 9 rings (SSSR count). The van der Waals surface area contributed by atoms with E-state index in [9.17, 15) is 19.2 Å². The number of likely N-dealkylation sites (N-methyl/N-ethyl adjacent to an activating group) is 2. The van der Waals surface area contributed by atoms with Crippen molar-refractivity contribution >= 4 is 23.8 Å². The molecule has 11 heteroatoms. The Morgan fingerprint density at radius 1 is 0.606 bits per heavy atom. The van der Waals surface area contributed by atoms with Crippen molar-refractivity contribution in [1.82, 2.24) is 19.6 Å². The van der Waals surface area contributed by atoms with Crippen LogP contribution in [0.1, 0.15) is 88.4 Å². The molecular formula is C60H64N4O7. The first-order valence-corrected chi connectivity index (χ1v) is 25.0. The monoisotopic (exact) mass is 952 g/mol. The van der Waals surface area contributed by atoms with Crippen LogP contribution in [-0.4, -0.2) is 108 Å². The number of rotatable bonds is 14. The van der Waals surface area contributed by atoms with Gasteiger partial charge in [-0.25, -0.2) is 4.79 Å². The first-order chi connectivity index (χ1) is 34.4. The molecule has 4 amide bonds. The SMILES string of the molecule is Cc1ccc(C(=O)N2CCC(Oc3ccc(COc4ccc(-c5ccc(C(=O)N6CCC(N(C)C(=O)C(C(C)C)N(C)C(=O)OCC7c8ccccc8-c8ccccc87)CC6)cc5)cc4)cc3)CC2)cc1. The highest BCUT2D eigenvalue weighted by molar-refractivity contribution is 5.95. The van der Waals surface area contributed by atoms with Crippen molar-refractivity contribution in [2.24, 2.45) is 5.92 Å². The first kappa shape index (κ1) is 48.6. The lowest BCUT2D eigenvalue weighted by molar-refractivity contribution is -0.139. The van der Waals surface area contributed by atoms with Gasteiger partial charge in [-0.3, -0.25) is 19.3 Å². The van der Waals surface area contributed by atoms with Crippen molar-refractivity contribution in [3.8, 4) is 33.8 Å². The minimum absolute atomic E-state index is 0.0324. The highest BCUT2D eigenvalue weighted by Crippen LogP contribution is 2.44. The van der Waals surface area contributed by atoms with Crippen LogP contribution in [0.5, 0.6) is 11.5 Å². The van der Waals surface area contributed by atoms with E-state index in [1.54, 1.807) is 11.9 Å². The van der Waals surface area contributed by atoms with Gasteiger partial charge in [0, 0.05) is 76.2 Å². The molecule has 366 valence electrons. The lowest BCUT2D eigenvalue weighted by Gasteiger charge is -2.40. The Kier molecular flexibility index (Phi) is 14.9. The fraction of sp³-hybridized carbons (Fsp3) is 0.333. The molecular weight excluding hydrogens is 889 g/mol. The summed E-state index contributed by atoms with van der Waals surface area (Å²) in [5.41, 5.74) is 10.1. The van der Waals surface area contributed by atoms with E-state index in [1.165, 1.54) is 4.90 Å². The standard InChI is InChI=1S/C60H64N4O7/c1-40(2)56(62(5)60(68)70-39-55-53-12-8-6-10-51(53)52-11-7-9-13-54(52)55)59(67)61(4)47-30-34-63(35-31-47)58(66)46-22-20-43(21-23-46)44-24-28-48(29-25-44)69-38-42-16-26-49(27-17-42)71-50-32-36-64(37-33-50)57(65)45-18-14-41(3)15-19-45/h6-29,40,47,50,55-56H,30-39H2,1-5H3. The van der Waals surface area contributed by atoms with E-state index in [4.69, 9.17) is 14.2 Å². The van der Waals surface area contributed by atoms with Crippen LogP contribution in [0.4, 0.5) is 4.79 Å². The van der Waals surface area contributed by atoms with Crippen molar-refractivity contribution < 1.29 is 33.4 Å². The molecule has 0 bridgehead atoms. The molecule has 1 atom stereocenters. The van der Waals surface area contributed by atoms with Crippen molar-refractivity contribution in [1.29, 1.82) is 0 Å². The van der Waals surface area contributed by atoms with Crippen LogP contribution in [-0.2, 0) is 16.1 Å². The molecule has 11 nitrogen and oxygen atoms in total. The molecule has 6 aromatic rings. The van der Waals surface area contributed by atoms with Crippen molar-refractivity contribution in [2.75, 3.05) is 46.9 Å². The maximum Gasteiger partial charge on any atom is 0.410 e. The number of benzene rings is 6. The number of carbonyl (C=O) groups is 4. The molecule has 0 spiro atoms. The maximum atomic E-state index is 14.1. The largest absolute Gasteiger partial charge is 0.490 e. The van der Waals surface area contributed by atoms with Crippen LogP contribution >= 0.6 is 0 Å². The van der Waals surface area contributed by atoms with Gasteiger partial charge in [0.1, 0.15) is 36.9 Å². The van der Waals surface area contributed by atoms with Gasteiger partial charge in [-0.05, 0) is 113 Å². The van der Waals surface area contributed by atoms with E-state index in [0.29, 0.717) is 51.2 Å². The average Bonchev–Trinajstić information content (AvgIpc) is 3.73. The molecule has 0 radical (unpaired) electrons. The zero-order valence-electron chi connectivity index (χ0n) is 41.5. The molecule has 2 saturated heterocycles. The summed E-state index contributed by atoms with van der Waals surface area (Å²) in [6.45, 7) is 8.92. The molecule has 2 fully saturated rings. The van der Waals surface area contributed by atoms with E-state index in [1.807, 2.05) is 159 Å². The van der Waals surface area contributed by atoms with Crippen LogP contribution in [0.3, 0.4) is 0 Å². The number of hydrogen-bond acceptors (Lipinski definition) is 7. The number of hydrogen-bond donors (Lipinski definition) is 0. The third-order valence-electron chi connectivity index (χ3n) is 14.6. The average molecular weight is 953 g/mol. The third kappa shape index (κ3) is 11.0. The third-order valence-corrected chi connectivity index (χ3v) is 14.6. The summed E-state index contributed by atoms with van der Waals surface area (Å²) in [4.78, 5) is 61.3. The Labute approximate surface area is 417 Å². The van der Waals surface area contributed by atoms with E-state index in [0.717, 1.165) is 74.4 Å². The molecule has 71 heavy (non-hydrogen) atoms. The number of fused-ring (bicyclic) bond motifs is 3. The zero-order chi connectivity index (χ0) is 49.6. The Hall–Kier alpha value is -7.40. The lowest BCUT2D eigenvalue weighted by Crippen LogP contribution is -2.55. The van der Waals surface area contributed by atoms with E-state index in [2.05, 4.69) is 24.3 Å². The minimum Gasteiger partial charge on any atom is -0.490 e. The maximum absolute atomic E-state index is 14.1. The number of piperidine rings is 2. The Balaban J connectivity index is 0.705. The van der Waals surface area contributed by atoms with Crippen molar-refractivity contribution in [2.45, 2.75) is 77.2 Å². The van der Waals surface area contributed by atoms with Gasteiger partial charge in [0.15, 0.2) is 0 Å². The topological polar surface area (TPSA) is 109 Å². The number of carbonyl (C=O) groups excluding carboxylic acids is 4.